The fourth-order valence-corrected chi connectivity index (χ4v) is 3.63. The molecule has 0 spiro atoms. The summed E-state index contributed by atoms with van der Waals surface area (Å²) in [7, 11) is 2.49. The van der Waals surface area contributed by atoms with Crippen LogP contribution in [0.15, 0.2) is 41.3 Å². The third-order valence-electron chi connectivity index (χ3n) is 4.70. The number of sulfonamides is 1. The molecule has 0 aliphatic carbocycles. The van der Waals surface area contributed by atoms with E-state index in [2.05, 4.69) is 10.6 Å². The Labute approximate surface area is 178 Å². The lowest BCUT2D eigenvalue weighted by atomic mass is 10.1. The Hall–Kier alpha value is -2.62. The summed E-state index contributed by atoms with van der Waals surface area (Å²) in [4.78, 5) is 12.8. The van der Waals surface area contributed by atoms with Crippen LogP contribution in [0.25, 0.3) is 0 Å². The highest BCUT2D eigenvalue weighted by molar-refractivity contribution is 7.89. The highest BCUT2D eigenvalue weighted by atomic mass is 32.2. The van der Waals surface area contributed by atoms with Crippen LogP contribution in [0.2, 0.25) is 0 Å². The molecule has 30 heavy (non-hydrogen) atoms. The maximum atomic E-state index is 12.6. The first kappa shape index (κ1) is 23.7. The average molecular weight is 436 g/mol. The molecule has 2 aromatic carbocycles. The van der Waals surface area contributed by atoms with Gasteiger partial charge in [-0.15, -0.1) is 0 Å². The van der Waals surface area contributed by atoms with Crippen LogP contribution in [0.4, 0.5) is 5.69 Å². The Bertz CT molecular complexity index is 1010. The Kier molecular flexibility index (Phi) is 7.83. The van der Waals surface area contributed by atoms with Gasteiger partial charge in [-0.1, -0.05) is 12.1 Å². The van der Waals surface area contributed by atoms with Gasteiger partial charge in [0.2, 0.25) is 15.9 Å². The number of carbonyl (C=O) groups is 1. The summed E-state index contributed by atoms with van der Waals surface area (Å²) in [5, 5.41) is 5.96. The number of carbonyl (C=O) groups excluding carboxylic acids is 1. The molecule has 0 saturated heterocycles. The predicted molar refractivity (Wildman–Crippen MR) is 117 cm³/mol. The zero-order valence-corrected chi connectivity index (χ0v) is 19.0. The fourth-order valence-electron chi connectivity index (χ4n) is 2.70. The minimum Gasteiger partial charge on any atom is -0.493 e. The first-order valence-corrected chi connectivity index (χ1v) is 10.8. The normalized spacial score (nSPS) is 12.5. The lowest BCUT2D eigenvalue weighted by Gasteiger charge is -2.17. The van der Waals surface area contributed by atoms with Gasteiger partial charge in [0.25, 0.3) is 0 Å². The van der Waals surface area contributed by atoms with Crippen molar-refractivity contribution in [3.8, 4) is 11.5 Å². The SMILES string of the molecule is COc1ccc(CNC(C)C(=O)Nc2cc(S(=O)(=O)N(C)C)ccc2C)cc1OC. The first-order chi connectivity index (χ1) is 14.1. The summed E-state index contributed by atoms with van der Waals surface area (Å²) in [5.41, 5.74) is 2.17. The van der Waals surface area contributed by atoms with Crippen molar-refractivity contribution in [2.24, 2.45) is 0 Å². The van der Waals surface area contributed by atoms with E-state index in [1.807, 2.05) is 19.1 Å². The summed E-state index contributed by atoms with van der Waals surface area (Å²) in [6.07, 6.45) is 0. The van der Waals surface area contributed by atoms with Gasteiger partial charge >= 0.3 is 0 Å². The van der Waals surface area contributed by atoms with E-state index in [0.29, 0.717) is 23.7 Å². The van der Waals surface area contributed by atoms with Gasteiger partial charge < -0.3 is 20.1 Å². The minimum absolute atomic E-state index is 0.124. The molecule has 0 aliphatic rings. The largest absolute Gasteiger partial charge is 0.493 e. The van der Waals surface area contributed by atoms with Crippen molar-refractivity contribution in [1.29, 1.82) is 0 Å². The maximum Gasteiger partial charge on any atom is 0.242 e. The van der Waals surface area contributed by atoms with E-state index in [9.17, 15) is 13.2 Å². The number of hydrogen-bond acceptors (Lipinski definition) is 6. The van der Waals surface area contributed by atoms with Crippen molar-refractivity contribution >= 4 is 21.6 Å². The van der Waals surface area contributed by atoms with Crippen molar-refractivity contribution in [2.45, 2.75) is 31.3 Å². The number of anilines is 1. The molecule has 0 saturated carbocycles. The van der Waals surface area contributed by atoms with E-state index in [4.69, 9.17) is 9.47 Å². The number of rotatable bonds is 9. The van der Waals surface area contributed by atoms with E-state index in [1.165, 1.54) is 26.2 Å². The van der Waals surface area contributed by atoms with Gasteiger partial charge in [0.15, 0.2) is 11.5 Å². The molecule has 0 heterocycles. The summed E-state index contributed by atoms with van der Waals surface area (Å²) in [5.74, 6) is 0.983. The summed E-state index contributed by atoms with van der Waals surface area (Å²) in [6, 6.07) is 9.71. The molecule has 0 aromatic heterocycles. The van der Waals surface area contributed by atoms with E-state index in [-0.39, 0.29) is 10.8 Å². The van der Waals surface area contributed by atoms with Crippen LogP contribution in [-0.2, 0) is 21.4 Å². The second kappa shape index (κ2) is 9.92. The number of amides is 1. The molecule has 0 radical (unpaired) electrons. The van der Waals surface area contributed by atoms with Crippen LogP contribution < -0.4 is 20.1 Å². The number of hydrogen-bond donors (Lipinski definition) is 2. The summed E-state index contributed by atoms with van der Waals surface area (Å²) >= 11 is 0. The third-order valence-corrected chi connectivity index (χ3v) is 6.51. The van der Waals surface area contributed by atoms with E-state index in [1.54, 1.807) is 33.3 Å². The quantitative estimate of drug-likeness (QED) is 0.628. The molecule has 2 rings (SSSR count). The molecular weight excluding hydrogens is 406 g/mol. The third kappa shape index (κ3) is 5.50. The zero-order valence-electron chi connectivity index (χ0n) is 18.1. The molecule has 1 atom stereocenters. The number of benzene rings is 2. The Morgan fingerprint density at radius 2 is 1.73 bits per heavy atom. The molecule has 1 amide bonds. The summed E-state index contributed by atoms with van der Waals surface area (Å²) < 4.78 is 36.4. The number of ether oxygens (including phenoxy) is 2. The molecule has 9 heteroatoms. The van der Waals surface area contributed by atoms with Crippen LogP contribution >= 0.6 is 0 Å². The highest BCUT2D eigenvalue weighted by Gasteiger charge is 2.20. The molecule has 2 aromatic rings. The van der Waals surface area contributed by atoms with Crippen molar-refractivity contribution in [3.63, 3.8) is 0 Å². The van der Waals surface area contributed by atoms with Gasteiger partial charge in [-0.2, -0.15) is 0 Å². The molecule has 8 nitrogen and oxygen atoms in total. The van der Waals surface area contributed by atoms with Gasteiger partial charge in [-0.3, -0.25) is 4.79 Å². The van der Waals surface area contributed by atoms with Crippen LogP contribution in [0.1, 0.15) is 18.1 Å². The van der Waals surface area contributed by atoms with Crippen molar-refractivity contribution in [1.82, 2.24) is 9.62 Å². The van der Waals surface area contributed by atoms with Gasteiger partial charge in [0, 0.05) is 26.3 Å². The molecule has 0 fully saturated rings. The van der Waals surface area contributed by atoms with E-state index >= 15 is 0 Å². The van der Waals surface area contributed by atoms with Crippen molar-refractivity contribution in [2.75, 3.05) is 33.6 Å². The predicted octanol–water partition coefficient (Wildman–Crippen LogP) is 2.38. The Balaban J connectivity index is 2.07. The average Bonchev–Trinajstić information content (AvgIpc) is 2.72. The van der Waals surface area contributed by atoms with Crippen molar-refractivity contribution < 1.29 is 22.7 Å². The second-order valence-electron chi connectivity index (χ2n) is 7.05. The lowest BCUT2D eigenvalue weighted by Crippen LogP contribution is -2.37. The Morgan fingerprint density at radius 1 is 1.07 bits per heavy atom. The van der Waals surface area contributed by atoms with Crippen LogP contribution in [0, 0.1) is 6.92 Å². The standard InChI is InChI=1S/C21H29N3O5S/c1-14-7-9-17(30(26,27)24(3)4)12-18(14)23-21(25)15(2)22-13-16-8-10-19(28-5)20(11-16)29-6/h7-12,15,22H,13H2,1-6H3,(H,23,25). The maximum absolute atomic E-state index is 12.6. The topological polar surface area (TPSA) is 97.0 Å². The fraction of sp³-hybridized carbons (Fsp3) is 0.381. The smallest absolute Gasteiger partial charge is 0.242 e. The number of aryl methyl sites for hydroxylation is 1. The molecule has 0 aliphatic heterocycles. The van der Waals surface area contributed by atoms with Crippen LogP contribution in [0.5, 0.6) is 11.5 Å². The first-order valence-electron chi connectivity index (χ1n) is 9.38. The molecule has 164 valence electrons. The second-order valence-corrected chi connectivity index (χ2v) is 9.20. The van der Waals surface area contributed by atoms with E-state index in [0.717, 1.165) is 15.4 Å². The number of nitrogens with one attached hydrogen (secondary N) is 2. The number of nitrogens with zero attached hydrogens (tertiary/aromatic N) is 1. The summed E-state index contributed by atoms with van der Waals surface area (Å²) in [6.45, 7) is 4.00. The Morgan fingerprint density at radius 3 is 2.33 bits per heavy atom. The zero-order chi connectivity index (χ0) is 22.5. The van der Waals surface area contributed by atoms with E-state index < -0.39 is 16.1 Å². The number of methoxy groups -OCH3 is 2. The molecular formula is C21H29N3O5S. The molecule has 0 bridgehead atoms. The lowest BCUT2D eigenvalue weighted by molar-refractivity contribution is -0.117. The monoisotopic (exact) mass is 435 g/mol. The van der Waals surface area contributed by atoms with Gasteiger partial charge in [0.05, 0.1) is 25.2 Å². The molecule has 2 N–H and O–H groups in total. The minimum atomic E-state index is -3.59. The molecule has 1 unspecified atom stereocenters. The van der Waals surface area contributed by atoms with Gasteiger partial charge in [0.1, 0.15) is 0 Å². The van der Waals surface area contributed by atoms with Crippen LogP contribution in [0.3, 0.4) is 0 Å². The van der Waals surface area contributed by atoms with Crippen molar-refractivity contribution in [3.05, 3.63) is 47.5 Å². The highest BCUT2D eigenvalue weighted by Crippen LogP contribution is 2.27. The van der Waals surface area contributed by atoms with Gasteiger partial charge in [-0.05, 0) is 49.2 Å². The van der Waals surface area contributed by atoms with Crippen LogP contribution in [-0.4, -0.2) is 53.0 Å². The van der Waals surface area contributed by atoms with Gasteiger partial charge in [-0.25, -0.2) is 12.7 Å².